The zero-order valence-electron chi connectivity index (χ0n) is 12.0. The lowest BCUT2D eigenvalue weighted by atomic mass is 10.2. The number of nitrogens with zero attached hydrogens (tertiary/aromatic N) is 3. The third-order valence-electron chi connectivity index (χ3n) is 4.04. The molecule has 3 heterocycles. The number of aryl methyl sites for hydroxylation is 2. The van der Waals surface area contributed by atoms with Gasteiger partial charge in [-0.3, -0.25) is 9.48 Å². The fourth-order valence-electron chi connectivity index (χ4n) is 2.99. The monoisotopic (exact) mass is 297 g/mol. The van der Waals surface area contributed by atoms with Gasteiger partial charge in [-0.25, -0.2) is 0 Å². The van der Waals surface area contributed by atoms with Gasteiger partial charge in [0.25, 0.3) is 5.91 Å². The molecule has 0 fully saturated rings. The van der Waals surface area contributed by atoms with E-state index >= 15 is 0 Å². The molecule has 106 valence electrons. The van der Waals surface area contributed by atoms with Gasteiger partial charge < -0.3 is 4.90 Å². The number of thiophene rings is 1. The Hall–Kier alpha value is -2.14. The van der Waals surface area contributed by atoms with Crippen LogP contribution in [0.4, 0.5) is 5.69 Å². The molecular weight excluding hydrogens is 282 g/mol. The van der Waals surface area contributed by atoms with E-state index in [1.54, 1.807) is 0 Å². The number of fused-ring (bicyclic) bond motifs is 2. The van der Waals surface area contributed by atoms with E-state index in [1.807, 2.05) is 47.8 Å². The summed E-state index contributed by atoms with van der Waals surface area (Å²) in [7, 11) is 1.92. The van der Waals surface area contributed by atoms with Crippen molar-refractivity contribution in [1.82, 2.24) is 9.78 Å². The Morgan fingerprint density at radius 2 is 2.14 bits per heavy atom. The van der Waals surface area contributed by atoms with Crippen molar-refractivity contribution in [3.8, 4) is 0 Å². The highest BCUT2D eigenvalue weighted by atomic mass is 32.1. The van der Waals surface area contributed by atoms with Gasteiger partial charge in [0.2, 0.25) is 0 Å². The second-order valence-corrected chi connectivity index (χ2v) is 6.40. The van der Waals surface area contributed by atoms with Crippen LogP contribution in [0, 0.1) is 6.92 Å². The van der Waals surface area contributed by atoms with Crippen molar-refractivity contribution in [3.05, 3.63) is 46.5 Å². The minimum Gasteiger partial charge on any atom is -0.307 e. The molecule has 0 spiro atoms. The van der Waals surface area contributed by atoms with E-state index in [1.165, 1.54) is 16.9 Å². The zero-order chi connectivity index (χ0) is 14.6. The van der Waals surface area contributed by atoms with Gasteiger partial charge in [0.15, 0.2) is 0 Å². The third-order valence-corrected chi connectivity index (χ3v) is 5.23. The van der Waals surface area contributed by atoms with Crippen LogP contribution in [0.2, 0.25) is 0 Å². The van der Waals surface area contributed by atoms with Gasteiger partial charge in [-0.05, 0) is 31.0 Å². The molecule has 2 aromatic heterocycles. The normalized spacial score (nSPS) is 13.9. The number of benzene rings is 1. The van der Waals surface area contributed by atoms with Crippen LogP contribution >= 0.6 is 11.3 Å². The lowest BCUT2D eigenvalue weighted by molar-refractivity contribution is 0.0993. The second kappa shape index (κ2) is 4.43. The molecule has 0 bridgehead atoms. The maximum absolute atomic E-state index is 12.8. The minimum absolute atomic E-state index is 0.0977. The number of carbonyl (C=O) groups is 1. The van der Waals surface area contributed by atoms with E-state index in [2.05, 4.69) is 11.2 Å². The highest BCUT2D eigenvalue weighted by molar-refractivity contribution is 7.20. The first-order valence-electron chi connectivity index (χ1n) is 6.98. The van der Waals surface area contributed by atoms with Crippen LogP contribution in [-0.4, -0.2) is 22.2 Å². The largest absolute Gasteiger partial charge is 0.307 e. The van der Waals surface area contributed by atoms with Gasteiger partial charge in [0.05, 0.1) is 10.6 Å². The molecule has 1 aromatic carbocycles. The Bertz CT molecular complexity index is 827. The van der Waals surface area contributed by atoms with Crippen LogP contribution in [-0.2, 0) is 13.5 Å². The van der Waals surface area contributed by atoms with Crippen molar-refractivity contribution in [2.24, 2.45) is 7.05 Å². The van der Waals surface area contributed by atoms with Crippen LogP contribution in [0.15, 0.2) is 30.3 Å². The van der Waals surface area contributed by atoms with Crippen LogP contribution in [0.1, 0.15) is 20.9 Å². The predicted molar refractivity (Wildman–Crippen MR) is 85.2 cm³/mol. The quantitative estimate of drug-likeness (QED) is 0.692. The first-order valence-corrected chi connectivity index (χ1v) is 7.79. The van der Waals surface area contributed by atoms with E-state index in [-0.39, 0.29) is 5.91 Å². The van der Waals surface area contributed by atoms with E-state index in [4.69, 9.17) is 0 Å². The summed E-state index contributed by atoms with van der Waals surface area (Å²) in [5.74, 6) is 0.0977. The molecule has 3 aromatic rings. The summed E-state index contributed by atoms with van der Waals surface area (Å²) in [4.78, 5) is 16.5. The SMILES string of the molecule is Cc1nn(C)c2sc(C(=O)N3CCc4ccccc43)cc12. The number of amides is 1. The average molecular weight is 297 g/mol. The highest BCUT2D eigenvalue weighted by Gasteiger charge is 2.27. The Morgan fingerprint density at radius 3 is 2.95 bits per heavy atom. The summed E-state index contributed by atoms with van der Waals surface area (Å²) in [5.41, 5.74) is 3.28. The van der Waals surface area contributed by atoms with Crippen molar-refractivity contribution in [1.29, 1.82) is 0 Å². The van der Waals surface area contributed by atoms with Crippen molar-refractivity contribution in [2.75, 3.05) is 11.4 Å². The fraction of sp³-hybridized carbons (Fsp3) is 0.250. The molecule has 0 N–H and O–H groups in total. The number of aromatic nitrogens is 2. The lowest BCUT2D eigenvalue weighted by Crippen LogP contribution is -2.28. The number of carbonyl (C=O) groups excluding carboxylic acids is 1. The van der Waals surface area contributed by atoms with Gasteiger partial charge >= 0.3 is 0 Å². The molecule has 1 aliphatic rings. The fourth-order valence-corrected chi connectivity index (χ4v) is 4.07. The number of hydrogen-bond donors (Lipinski definition) is 0. The minimum atomic E-state index is 0.0977. The molecule has 0 atom stereocenters. The van der Waals surface area contributed by atoms with Crippen molar-refractivity contribution < 1.29 is 4.79 Å². The van der Waals surface area contributed by atoms with E-state index in [0.717, 1.165) is 39.4 Å². The summed E-state index contributed by atoms with van der Waals surface area (Å²) in [6, 6.07) is 10.1. The van der Waals surface area contributed by atoms with Gasteiger partial charge in [0.1, 0.15) is 4.83 Å². The van der Waals surface area contributed by atoms with Crippen LogP contribution < -0.4 is 4.90 Å². The molecule has 0 saturated carbocycles. The maximum atomic E-state index is 12.8. The Morgan fingerprint density at radius 1 is 1.33 bits per heavy atom. The molecule has 5 heteroatoms. The van der Waals surface area contributed by atoms with Gasteiger partial charge in [-0.15, -0.1) is 11.3 Å². The molecule has 4 rings (SSSR count). The van der Waals surface area contributed by atoms with Gasteiger partial charge in [-0.1, -0.05) is 18.2 Å². The molecule has 1 amide bonds. The molecule has 1 aliphatic heterocycles. The second-order valence-electron chi connectivity index (χ2n) is 5.37. The van der Waals surface area contributed by atoms with E-state index in [0.29, 0.717) is 0 Å². The predicted octanol–water partition coefficient (Wildman–Crippen LogP) is 3.15. The third kappa shape index (κ3) is 1.81. The van der Waals surface area contributed by atoms with Crippen molar-refractivity contribution >= 4 is 33.1 Å². The molecule has 21 heavy (non-hydrogen) atoms. The summed E-state index contributed by atoms with van der Waals surface area (Å²) < 4.78 is 1.85. The van der Waals surface area contributed by atoms with Crippen LogP contribution in [0.5, 0.6) is 0 Å². The molecule has 0 radical (unpaired) electrons. The number of para-hydroxylation sites is 1. The standard InChI is InChI=1S/C16H15N3OS/c1-10-12-9-14(21-16(12)18(2)17-10)15(20)19-8-7-11-5-3-4-6-13(11)19/h3-6,9H,7-8H2,1-2H3. The smallest absolute Gasteiger partial charge is 0.268 e. The topological polar surface area (TPSA) is 38.1 Å². The first-order chi connectivity index (χ1) is 10.1. The van der Waals surface area contributed by atoms with Gasteiger partial charge in [-0.2, -0.15) is 5.10 Å². The maximum Gasteiger partial charge on any atom is 0.268 e. The molecule has 0 aliphatic carbocycles. The van der Waals surface area contributed by atoms with E-state index in [9.17, 15) is 4.79 Å². The highest BCUT2D eigenvalue weighted by Crippen LogP contribution is 2.33. The summed E-state index contributed by atoms with van der Waals surface area (Å²) >= 11 is 1.52. The van der Waals surface area contributed by atoms with Crippen LogP contribution in [0.25, 0.3) is 10.2 Å². The first kappa shape index (κ1) is 12.6. The summed E-state index contributed by atoms with van der Waals surface area (Å²) in [5, 5.41) is 5.47. The number of hydrogen-bond acceptors (Lipinski definition) is 3. The number of rotatable bonds is 1. The molecular formula is C16H15N3OS. The Balaban J connectivity index is 1.76. The van der Waals surface area contributed by atoms with Crippen LogP contribution in [0.3, 0.4) is 0 Å². The Labute approximate surface area is 126 Å². The summed E-state index contributed by atoms with van der Waals surface area (Å²) in [6.45, 7) is 2.75. The molecule has 4 nitrogen and oxygen atoms in total. The number of anilines is 1. The lowest BCUT2D eigenvalue weighted by Gasteiger charge is -2.16. The van der Waals surface area contributed by atoms with Crippen molar-refractivity contribution in [3.63, 3.8) is 0 Å². The van der Waals surface area contributed by atoms with E-state index < -0.39 is 0 Å². The zero-order valence-corrected chi connectivity index (χ0v) is 12.8. The molecule has 0 saturated heterocycles. The van der Waals surface area contributed by atoms with Gasteiger partial charge in [0, 0.05) is 24.7 Å². The average Bonchev–Trinajstić information content (AvgIpc) is 3.15. The van der Waals surface area contributed by atoms with Crippen molar-refractivity contribution in [2.45, 2.75) is 13.3 Å². The molecule has 0 unspecified atom stereocenters. The Kier molecular flexibility index (Phi) is 2.65. The summed E-state index contributed by atoms with van der Waals surface area (Å²) in [6.07, 6.45) is 0.938.